The van der Waals surface area contributed by atoms with Crippen molar-refractivity contribution in [1.29, 1.82) is 0 Å². The second-order valence-electron chi connectivity index (χ2n) is 9.58. The highest BCUT2D eigenvalue weighted by Crippen LogP contribution is 2.32. The van der Waals surface area contributed by atoms with Gasteiger partial charge < -0.3 is 15.0 Å². The number of piperazine rings is 1. The summed E-state index contributed by atoms with van der Waals surface area (Å²) in [6.07, 6.45) is 10.0. The summed E-state index contributed by atoms with van der Waals surface area (Å²) in [5.74, 6) is 2.12. The Balaban J connectivity index is 1.19. The van der Waals surface area contributed by atoms with Crippen LogP contribution >= 0.6 is 0 Å². The molecule has 4 aliphatic rings. The molecule has 4 rings (SSSR count). The third-order valence-corrected chi connectivity index (χ3v) is 7.74. The van der Waals surface area contributed by atoms with Crippen LogP contribution in [0.5, 0.6) is 0 Å². The molecule has 7 nitrogen and oxygen atoms in total. The van der Waals surface area contributed by atoms with Crippen molar-refractivity contribution in [3.63, 3.8) is 0 Å². The average Bonchev–Trinajstić information content (AvgIpc) is 2.80. The molecule has 2 saturated carbocycles. The molecule has 0 spiro atoms. The van der Waals surface area contributed by atoms with Crippen molar-refractivity contribution in [2.24, 2.45) is 17.8 Å². The lowest BCUT2D eigenvalue weighted by molar-refractivity contribution is -0.137. The Kier molecular flexibility index (Phi) is 7.81. The number of rotatable bonds is 5. The van der Waals surface area contributed by atoms with Gasteiger partial charge in [0.25, 0.3) is 0 Å². The van der Waals surface area contributed by atoms with Crippen molar-refractivity contribution in [3.8, 4) is 0 Å². The highest BCUT2D eigenvalue weighted by atomic mass is 16.5. The first-order valence-electron chi connectivity index (χ1n) is 12.0. The quantitative estimate of drug-likeness (QED) is 0.542. The molecule has 0 bridgehead atoms. The van der Waals surface area contributed by atoms with Gasteiger partial charge in [0.1, 0.15) is 6.29 Å². The van der Waals surface area contributed by atoms with Gasteiger partial charge in [0.15, 0.2) is 0 Å². The first kappa shape index (κ1) is 21.5. The standard InChI is InChI=1S/C22H41N5O2/c1-29-20-7-5-16(6-8-20)18-14-24-22(25-15-18)26-19-4-2-3-17(13-19)21(28)27-11-9-23-10-12-27/h16-20,22-26H,2-15H2,1H3. The molecule has 166 valence electrons. The predicted molar refractivity (Wildman–Crippen MR) is 114 cm³/mol. The zero-order valence-electron chi connectivity index (χ0n) is 18.1. The zero-order valence-corrected chi connectivity index (χ0v) is 18.1. The van der Waals surface area contributed by atoms with Gasteiger partial charge in [-0.3, -0.25) is 20.7 Å². The minimum atomic E-state index is 0.180. The van der Waals surface area contributed by atoms with Gasteiger partial charge in [0.2, 0.25) is 5.91 Å². The lowest BCUT2D eigenvalue weighted by Gasteiger charge is -2.41. The van der Waals surface area contributed by atoms with Gasteiger partial charge in [-0.1, -0.05) is 6.42 Å². The Bertz CT molecular complexity index is 511. The van der Waals surface area contributed by atoms with Crippen molar-refractivity contribution in [3.05, 3.63) is 0 Å². The van der Waals surface area contributed by atoms with Crippen LogP contribution < -0.4 is 21.3 Å². The maximum atomic E-state index is 12.9. The summed E-state index contributed by atoms with van der Waals surface area (Å²) in [6.45, 7) is 5.78. The van der Waals surface area contributed by atoms with E-state index in [2.05, 4.69) is 26.2 Å². The molecule has 7 heteroatoms. The Labute approximate surface area is 176 Å². The van der Waals surface area contributed by atoms with Gasteiger partial charge >= 0.3 is 0 Å². The van der Waals surface area contributed by atoms with Gasteiger partial charge in [-0.2, -0.15) is 0 Å². The SMILES string of the molecule is COC1CCC(C2CNC(NC3CCCC(C(=O)N4CCNCC4)C3)NC2)CC1. The van der Waals surface area contributed by atoms with Crippen LogP contribution in [0.1, 0.15) is 51.4 Å². The molecule has 4 fully saturated rings. The number of hydrogen-bond acceptors (Lipinski definition) is 6. The summed E-state index contributed by atoms with van der Waals surface area (Å²) in [4.78, 5) is 15.0. The molecule has 2 saturated heterocycles. The van der Waals surface area contributed by atoms with E-state index in [-0.39, 0.29) is 12.2 Å². The molecule has 0 aromatic heterocycles. The molecule has 0 aromatic rings. The molecule has 2 atom stereocenters. The van der Waals surface area contributed by atoms with Gasteiger partial charge in [-0.25, -0.2) is 0 Å². The largest absolute Gasteiger partial charge is 0.381 e. The first-order chi connectivity index (χ1) is 14.2. The van der Waals surface area contributed by atoms with Crippen LogP contribution in [0, 0.1) is 17.8 Å². The monoisotopic (exact) mass is 407 g/mol. The van der Waals surface area contributed by atoms with E-state index in [1.807, 2.05) is 7.11 Å². The molecule has 29 heavy (non-hydrogen) atoms. The van der Waals surface area contributed by atoms with Gasteiger partial charge in [-0.15, -0.1) is 0 Å². The Hall–Kier alpha value is -0.730. The number of nitrogens with one attached hydrogen (secondary N) is 4. The summed E-state index contributed by atoms with van der Waals surface area (Å²) in [7, 11) is 1.85. The zero-order chi connectivity index (χ0) is 20.1. The normalized spacial score (nSPS) is 39.3. The second kappa shape index (κ2) is 10.5. The summed E-state index contributed by atoms with van der Waals surface area (Å²) in [5.41, 5.74) is 0. The van der Waals surface area contributed by atoms with E-state index >= 15 is 0 Å². The smallest absolute Gasteiger partial charge is 0.225 e. The maximum absolute atomic E-state index is 12.9. The van der Waals surface area contributed by atoms with E-state index in [1.165, 1.54) is 32.1 Å². The maximum Gasteiger partial charge on any atom is 0.225 e. The van der Waals surface area contributed by atoms with Crippen LogP contribution in [0.2, 0.25) is 0 Å². The molecule has 2 unspecified atom stereocenters. The predicted octanol–water partition coefficient (Wildman–Crippen LogP) is 0.864. The fourth-order valence-corrected chi connectivity index (χ4v) is 5.87. The Morgan fingerprint density at radius 1 is 0.966 bits per heavy atom. The van der Waals surface area contributed by atoms with Crippen LogP contribution in [0.15, 0.2) is 0 Å². The van der Waals surface area contributed by atoms with E-state index in [0.717, 1.165) is 70.4 Å². The van der Waals surface area contributed by atoms with Gasteiger partial charge in [0.05, 0.1) is 6.10 Å². The summed E-state index contributed by atoms with van der Waals surface area (Å²) in [5, 5.41) is 14.5. The van der Waals surface area contributed by atoms with Crippen molar-refractivity contribution in [1.82, 2.24) is 26.2 Å². The lowest BCUT2D eigenvalue weighted by atomic mass is 9.78. The van der Waals surface area contributed by atoms with Crippen molar-refractivity contribution >= 4 is 5.91 Å². The molecular formula is C22H41N5O2. The molecule has 2 heterocycles. The average molecular weight is 408 g/mol. The van der Waals surface area contributed by atoms with Gasteiger partial charge in [-0.05, 0) is 56.8 Å². The van der Waals surface area contributed by atoms with Crippen molar-refractivity contribution in [2.75, 3.05) is 46.4 Å². The highest BCUT2D eigenvalue weighted by Gasteiger charge is 2.34. The van der Waals surface area contributed by atoms with E-state index in [4.69, 9.17) is 4.74 Å². The minimum Gasteiger partial charge on any atom is -0.381 e. The molecular weight excluding hydrogens is 366 g/mol. The van der Waals surface area contributed by atoms with E-state index in [0.29, 0.717) is 18.1 Å². The molecule has 0 aromatic carbocycles. The van der Waals surface area contributed by atoms with E-state index < -0.39 is 0 Å². The summed E-state index contributed by atoms with van der Waals surface area (Å²) >= 11 is 0. The number of carbonyl (C=O) groups is 1. The molecule has 1 amide bonds. The molecule has 2 aliphatic heterocycles. The Morgan fingerprint density at radius 2 is 1.69 bits per heavy atom. The van der Waals surface area contributed by atoms with Gasteiger partial charge in [0, 0.05) is 58.3 Å². The van der Waals surface area contributed by atoms with Crippen LogP contribution in [0.4, 0.5) is 0 Å². The minimum absolute atomic E-state index is 0.180. The second-order valence-corrected chi connectivity index (χ2v) is 9.58. The van der Waals surface area contributed by atoms with Crippen LogP contribution in [-0.4, -0.2) is 75.6 Å². The topological polar surface area (TPSA) is 77.7 Å². The summed E-state index contributed by atoms with van der Waals surface area (Å²) < 4.78 is 5.52. The van der Waals surface area contributed by atoms with Crippen LogP contribution in [0.25, 0.3) is 0 Å². The number of hydrogen-bond donors (Lipinski definition) is 4. The number of ether oxygens (including phenoxy) is 1. The Morgan fingerprint density at radius 3 is 2.38 bits per heavy atom. The first-order valence-corrected chi connectivity index (χ1v) is 12.0. The fraction of sp³-hybridized carbons (Fsp3) is 0.955. The summed E-state index contributed by atoms with van der Waals surface area (Å²) in [6, 6.07) is 0.430. The lowest BCUT2D eigenvalue weighted by Crippen LogP contribution is -2.63. The van der Waals surface area contributed by atoms with Crippen molar-refractivity contribution in [2.45, 2.75) is 69.8 Å². The number of amides is 1. The van der Waals surface area contributed by atoms with Crippen LogP contribution in [-0.2, 0) is 9.53 Å². The highest BCUT2D eigenvalue weighted by molar-refractivity contribution is 5.79. The molecule has 4 N–H and O–H groups in total. The fourth-order valence-electron chi connectivity index (χ4n) is 5.87. The number of nitrogens with zero attached hydrogens (tertiary/aromatic N) is 1. The third kappa shape index (κ3) is 5.70. The number of methoxy groups -OCH3 is 1. The third-order valence-electron chi connectivity index (χ3n) is 7.74. The molecule has 0 radical (unpaired) electrons. The number of carbonyl (C=O) groups excluding carboxylic acids is 1. The van der Waals surface area contributed by atoms with E-state index in [1.54, 1.807) is 0 Å². The molecule has 2 aliphatic carbocycles. The van der Waals surface area contributed by atoms with E-state index in [9.17, 15) is 4.79 Å². The van der Waals surface area contributed by atoms with Crippen molar-refractivity contribution < 1.29 is 9.53 Å². The van der Waals surface area contributed by atoms with Crippen LogP contribution in [0.3, 0.4) is 0 Å².